The Balaban J connectivity index is 3.41. The molecule has 1 unspecified atom stereocenters. The third-order valence-electron chi connectivity index (χ3n) is 5.94. The maximum atomic E-state index is 11.9. The van der Waals surface area contributed by atoms with E-state index in [4.69, 9.17) is 9.16 Å². The van der Waals surface area contributed by atoms with Gasteiger partial charge >= 0.3 is 5.97 Å². The van der Waals surface area contributed by atoms with Gasteiger partial charge in [-0.15, -0.1) is 0 Å². The first-order valence-corrected chi connectivity index (χ1v) is 17.2. The maximum absolute atomic E-state index is 11.9. The van der Waals surface area contributed by atoms with Gasteiger partial charge in [0.25, 0.3) is 0 Å². The van der Waals surface area contributed by atoms with Gasteiger partial charge in [-0.25, -0.2) is 4.79 Å². The number of hydrogen-bond acceptors (Lipinski definition) is 3. The van der Waals surface area contributed by atoms with Crippen molar-refractivity contribution < 1.29 is 14.0 Å². The van der Waals surface area contributed by atoms with E-state index in [1.807, 2.05) is 0 Å². The molecule has 1 atom stereocenters. The number of esters is 1. The molecule has 32 heavy (non-hydrogen) atoms. The Labute approximate surface area is 202 Å². The Morgan fingerprint density at radius 3 is 1.50 bits per heavy atom. The van der Waals surface area contributed by atoms with Crippen LogP contribution in [0, 0.1) is 0 Å². The first-order valence-electron chi connectivity index (χ1n) is 13.8. The highest BCUT2D eigenvalue weighted by Crippen LogP contribution is 2.17. The predicted octanol–water partition coefficient (Wildman–Crippen LogP) is 9.37. The lowest BCUT2D eigenvalue weighted by Crippen LogP contribution is -2.37. The van der Waals surface area contributed by atoms with Gasteiger partial charge in [0.15, 0.2) is 8.32 Å². The van der Waals surface area contributed by atoms with Crippen LogP contribution < -0.4 is 0 Å². The van der Waals surface area contributed by atoms with Gasteiger partial charge in [-0.1, -0.05) is 109 Å². The van der Waals surface area contributed by atoms with Crippen LogP contribution in [0.1, 0.15) is 129 Å². The summed E-state index contributed by atoms with van der Waals surface area (Å²) in [6.07, 6.45) is 29.2. The molecule has 0 N–H and O–H groups in total. The van der Waals surface area contributed by atoms with Crippen LogP contribution in [-0.2, 0) is 14.0 Å². The molecule has 0 radical (unpaired) electrons. The summed E-state index contributed by atoms with van der Waals surface area (Å²) in [5, 5.41) is 0. The summed E-state index contributed by atoms with van der Waals surface area (Å²) in [5.74, 6) is -0.208. The molecule has 190 valence electrons. The third-order valence-corrected chi connectivity index (χ3v) is 6.93. The van der Waals surface area contributed by atoms with E-state index in [9.17, 15) is 4.79 Å². The first kappa shape index (κ1) is 31.4. The smallest absolute Gasteiger partial charge is 0.333 e. The second kappa shape index (κ2) is 22.2. The molecule has 4 heteroatoms. The van der Waals surface area contributed by atoms with Crippen LogP contribution in [0.3, 0.4) is 0 Å². The van der Waals surface area contributed by atoms with Crippen LogP contribution in [0.25, 0.3) is 0 Å². The van der Waals surface area contributed by atoms with Gasteiger partial charge in [0, 0.05) is 0 Å². The molecule has 0 bridgehead atoms. The summed E-state index contributed by atoms with van der Waals surface area (Å²) < 4.78 is 10.9. The Morgan fingerprint density at radius 1 is 0.688 bits per heavy atom. The van der Waals surface area contributed by atoms with Gasteiger partial charge < -0.3 is 9.16 Å². The zero-order chi connectivity index (χ0) is 23.9. The Kier molecular flexibility index (Phi) is 21.8. The van der Waals surface area contributed by atoms with Crippen LogP contribution in [0.4, 0.5) is 0 Å². The van der Waals surface area contributed by atoms with Gasteiger partial charge in [0.1, 0.15) is 6.10 Å². The molecule has 0 aromatic heterocycles. The fourth-order valence-corrected chi connectivity index (χ4v) is 5.14. The van der Waals surface area contributed by atoms with Gasteiger partial charge in [-0.05, 0) is 51.7 Å². The topological polar surface area (TPSA) is 35.5 Å². The highest BCUT2D eigenvalue weighted by atomic mass is 28.4. The van der Waals surface area contributed by atoms with Crippen molar-refractivity contribution in [3.63, 3.8) is 0 Å². The van der Waals surface area contributed by atoms with E-state index in [1.54, 1.807) is 0 Å². The lowest BCUT2D eigenvalue weighted by Gasteiger charge is -2.24. The Hall–Kier alpha value is -0.613. The van der Waals surface area contributed by atoms with Crippen LogP contribution in [0.5, 0.6) is 0 Å². The second-order valence-electron chi connectivity index (χ2n) is 10.4. The maximum Gasteiger partial charge on any atom is 0.333 e. The molecule has 0 heterocycles. The molecule has 3 nitrogen and oxygen atoms in total. The van der Waals surface area contributed by atoms with Crippen molar-refractivity contribution in [3.05, 3.63) is 12.2 Å². The summed E-state index contributed by atoms with van der Waals surface area (Å²) in [5.41, 5.74) is 0. The van der Waals surface area contributed by atoms with Crippen molar-refractivity contribution in [2.24, 2.45) is 0 Å². The Morgan fingerprint density at radius 2 is 1.09 bits per heavy atom. The highest BCUT2D eigenvalue weighted by molar-refractivity contribution is 6.69. The number of carbonyl (C=O) groups excluding carboxylic acids is 1. The SMILES string of the molecule is CCCCCCCC/C=C\CCCCCCCCCCCCC(O[Si](C)(C)C)C(=O)OC. The number of carbonyl (C=O) groups is 1. The van der Waals surface area contributed by atoms with E-state index in [0.717, 1.165) is 12.8 Å². The molecule has 0 aromatic rings. The molecule has 0 aromatic carbocycles. The minimum atomic E-state index is -1.72. The molecule has 0 rings (SSSR count). The number of methoxy groups -OCH3 is 1. The normalized spacial score (nSPS) is 13.0. The van der Waals surface area contributed by atoms with Crippen LogP contribution in [0.2, 0.25) is 19.6 Å². The van der Waals surface area contributed by atoms with Crippen molar-refractivity contribution in [1.29, 1.82) is 0 Å². The molecule has 0 aliphatic carbocycles. The predicted molar refractivity (Wildman–Crippen MR) is 143 cm³/mol. The minimum Gasteiger partial charge on any atom is -0.467 e. The monoisotopic (exact) mass is 468 g/mol. The largest absolute Gasteiger partial charge is 0.467 e. The first-order chi connectivity index (χ1) is 15.4. The van der Waals surface area contributed by atoms with E-state index in [2.05, 4.69) is 38.7 Å². The molecule has 0 fully saturated rings. The second-order valence-corrected chi connectivity index (χ2v) is 14.8. The van der Waals surface area contributed by atoms with Crippen molar-refractivity contribution in [1.82, 2.24) is 0 Å². The van der Waals surface area contributed by atoms with E-state index in [0.29, 0.717) is 0 Å². The van der Waals surface area contributed by atoms with Crippen molar-refractivity contribution >= 4 is 14.3 Å². The Bertz CT molecular complexity index is 442. The van der Waals surface area contributed by atoms with E-state index in [1.165, 1.54) is 116 Å². The van der Waals surface area contributed by atoms with E-state index < -0.39 is 8.32 Å². The van der Waals surface area contributed by atoms with Crippen molar-refractivity contribution in [2.75, 3.05) is 7.11 Å². The number of hydrogen-bond donors (Lipinski definition) is 0. The molecular weight excluding hydrogens is 412 g/mol. The molecule has 0 aliphatic heterocycles. The van der Waals surface area contributed by atoms with Crippen LogP contribution in [-0.4, -0.2) is 27.5 Å². The van der Waals surface area contributed by atoms with Gasteiger partial charge in [-0.2, -0.15) is 0 Å². The average molecular weight is 469 g/mol. The molecule has 0 spiro atoms. The summed E-state index contributed by atoms with van der Waals surface area (Å²) in [6.45, 7) is 8.65. The van der Waals surface area contributed by atoms with Crippen LogP contribution >= 0.6 is 0 Å². The summed E-state index contributed by atoms with van der Waals surface area (Å²) >= 11 is 0. The zero-order valence-corrected chi connectivity index (χ0v) is 23.4. The summed E-state index contributed by atoms with van der Waals surface area (Å²) in [6, 6.07) is 0. The summed E-state index contributed by atoms with van der Waals surface area (Å²) in [7, 11) is -0.265. The average Bonchev–Trinajstić information content (AvgIpc) is 2.75. The fourth-order valence-electron chi connectivity index (χ4n) is 4.07. The quantitative estimate of drug-likeness (QED) is 0.0648. The lowest BCUT2D eigenvalue weighted by atomic mass is 10.0. The fraction of sp³-hybridized carbons (Fsp3) is 0.893. The standard InChI is InChI=1S/C28H56O3Si/c1-6-7-8-9-10-11-12-13-14-15-16-17-18-19-20-21-22-23-24-25-26-27(28(29)30-2)31-32(3,4)5/h13-14,27H,6-12,15-26H2,1-5H3/b14-13-. The number of unbranched alkanes of at least 4 members (excludes halogenated alkanes) is 16. The van der Waals surface area contributed by atoms with Gasteiger partial charge in [-0.3, -0.25) is 0 Å². The zero-order valence-electron chi connectivity index (χ0n) is 22.4. The van der Waals surface area contributed by atoms with Crippen molar-refractivity contribution in [2.45, 2.75) is 155 Å². The molecule has 0 saturated heterocycles. The van der Waals surface area contributed by atoms with E-state index >= 15 is 0 Å². The van der Waals surface area contributed by atoms with E-state index in [-0.39, 0.29) is 12.1 Å². The third kappa shape index (κ3) is 22.6. The minimum absolute atomic E-state index is 0.208. The molecule has 0 amide bonds. The van der Waals surface area contributed by atoms with Gasteiger partial charge in [0.05, 0.1) is 7.11 Å². The number of ether oxygens (including phenoxy) is 1. The van der Waals surface area contributed by atoms with Crippen LogP contribution in [0.15, 0.2) is 12.2 Å². The molecule has 0 aliphatic rings. The van der Waals surface area contributed by atoms with Gasteiger partial charge in [0.2, 0.25) is 0 Å². The molecule has 0 saturated carbocycles. The van der Waals surface area contributed by atoms with Crippen molar-refractivity contribution in [3.8, 4) is 0 Å². The lowest BCUT2D eigenvalue weighted by molar-refractivity contribution is -0.149. The number of allylic oxidation sites excluding steroid dienone is 2. The number of rotatable bonds is 23. The highest BCUT2D eigenvalue weighted by Gasteiger charge is 2.26. The summed E-state index contributed by atoms with van der Waals surface area (Å²) in [4.78, 5) is 11.9. The molecular formula is C28H56O3Si.